The molecule has 6 nitrogen and oxygen atoms in total. The molecule has 2 heterocycles. The van der Waals surface area contributed by atoms with E-state index in [1.165, 1.54) is 30.3 Å². The van der Waals surface area contributed by atoms with E-state index >= 15 is 0 Å². The Morgan fingerprint density at radius 2 is 2.03 bits per heavy atom. The Labute approximate surface area is 176 Å². The van der Waals surface area contributed by atoms with E-state index in [4.69, 9.17) is 0 Å². The highest BCUT2D eigenvalue weighted by Crippen LogP contribution is 2.35. The number of piperidine rings is 1. The van der Waals surface area contributed by atoms with Crippen LogP contribution >= 0.6 is 0 Å². The molecule has 1 amide bonds. The molecule has 2 aromatic carbocycles. The molecule has 1 aliphatic heterocycles. The molecular formula is C23H20F2N4O2. The van der Waals surface area contributed by atoms with E-state index in [2.05, 4.69) is 15.6 Å². The molecule has 1 aliphatic carbocycles. The van der Waals surface area contributed by atoms with Crippen LogP contribution in [0.3, 0.4) is 0 Å². The molecule has 2 fully saturated rings. The minimum Gasteiger partial charge on any atom is -0.339 e. The van der Waals surface area contributed by atoms with E-state index in [0.717, 1.165) is 19.3 Å². The van der Waals surface area contributed by atoms with Gasteiger partial charge in [0.2, 0.25) is 5.91 Å². The van der Waals surface area contributed by atoms with Crippen molar-refractivity contribution in [2.75, 3.05) is 0 Å². The molecule has 31 heavy (non-hydrogen) atoms. The molecule has 0 radical (unpaired) electrons. The van der Waals surface area contributed by atoms with Crippen molar-refractivity contribution in [1.82, 2.24) is 15.6 Å². The molecule has 1 aromatic heterocycles. The van der Waals surface area contributed by atoms with E-state index in [1.54, 1.807) is 0 Å². The number of benzene rings is 2. The highest BCUT2D eigenvalue weighted by molar-refractivity contribution is 6.05. The SMILES string of the molecule is N#C[C@H](Cc1cc2c(=O)[nH]c3cc(F)ccc3c2cc1F)NC(=O)[C@H]1N[C@@H]2CC[C@H]1C2. The zero-order valence-corrected chi connectivity index (χ0v) is 16.5. The molecule has 4 atom stereocenters. The summed E-state index contributed by atoms with van der Waals surface area (Å²) in [6.45, 7) is 0. The van der Waals surface area contributed by atoms with Crippen LogP contribution in [0.25, 0.3) is 21.7 Å². The topological polar surface area (TPSA) is 97.8 Å². The molecule has 1 saturated carbocycles. The minimum atomic E-state index is -0.922. The first-order chi connectivity index (χ1) is 14.9. The van der Waals surface area contributed by atoms with Gasteiger partial charge in [-0.15, -0.1) is 0 Å². The maximum atomic E-state index is 14.9. The third-order valence-electron chi connectivity index (χ3n) is 6.49. The second-order valence-electron chi connectivity index (χ2n) is 8.44. The number of aromatic nitrogens is 1. The molecule has 0 unspecified atom stereocenters. The van der Waals surface area contributed by atoms with Crippen molar-refractivity contribution in [1.29, 1.82) is 5.26 Å². The summed E-state index contributed by atoms with van der Waals surface area (Å²) in [5, 5.41) is 16.6. The number of nitrogens with one attached hydrogen (secondary N) is 3. The van der Waals surface area contributed by atoms with Crippen molar-refractivity contribution >= 4 is 27.6 Å². The molecule has 3 aromatic rings. The number of rotatable bonds is 4. The first kappa shape index (κ1) is 19.6. The van der Waals surface area contributed by atoms with Crippen molar-refractivity contribution in [2.45, 2.75) is 43.8 Å². The van der Waals surface area contributed by atoms with Gasteiger partial charge >= 0.3 is 0 Å². The summed E-state index contributed by atoms with van der Waals surface area (Å²) in [5.41, 5.74) is -0.0320. The molecular weight excluding hydrogens is 402 g/mol. The zero-order chi connectivity index (χ0) is 21.7. The number of carbonyl (C=O) groups is 1. The van der Waals surface area contributed by atoms with Crippen LogP contribution in [0.5, 0.6) is 0 Å². The highest BCUT2D eigenvalue weighted by atomic mass is 19.1. The number of pyridine rings is 1. The van der Waals surface area contributed by atoms with Crippen LogP contribution in [0.4, 0.5) is 8.78 Å². The number of hydrogen-bond donors (Lipinski definition) is 3. The standard InChI is InChI=1S/C23H20F2N4O2/c24-13-2-4-16-17-9-19(25)12(7-18(17)22(30)29-20(16)8-13)6-15(10-26)28-23(31)21-11-1-3-14(5-11)27-21/h2,4,7-9,11,14-15,21,27H,1,3,5-6H2,(H,28,31)(H,29,30)/t11-,14+,15-,21-/m0/s1. The fourth-order valence-corrected chi connectivity index (χ4v) is 4.99. The maximum Gasteiger partial charge on any atom is 0.256 e. The molecule has 158 valence electrons. The summed E-state index contributed by atoms with van der Waals surface area (Å²) >= 11 is 0. The van der Waals surface area contributed by atoms with Gasteiger partial charge in [0.25, 0.3) is 5.56 Å². The Hall–Kier alpha value is -3.31. The average molecular weight is 422 g/mol. The lowest BCUT2D eigenvalue weighted by atomic mass is 9.97. The molecule has 2 aliphatic rings. The van der Waals surface area contributed by atoms with Gasteiger partial charge in [0.05, 0.1) is 17.6 Å². The highest BCUT2D eigenvalue weighted by Gasteiger charge is 2.43. The first-order valence-electron chi connectivity index (χ1n) is 10.3. The predicted molar refractivity (Wildman–Crippen MR) is 111 cm³/mol. The summed E-state index contributed by atoms with van der Waals surface area (Å²) in [5.74, 6) is -1.06. The third kappa shape index (κ3) is 3.45. The fourth-order valence-electron chi connectivity index (χ4n) is 4.99. The van der Waals surface area contributed by atoms with Gasteiger partial charge in [-0.25, -0.2) is 8.78 Å². The average Bonchev–Trinajstić information content (AvgIpc) is 3.37. The van der Waals surface area contributed by atoms with Crippen LogP contribution < -0.4 is 16.2 Å². The van der Waals surface area contributed by atoms with Gasteiger partial charge in [0.15, 0.2) is 0 Å². The van der Waals surface area contributed by atoms with Crippen LogP contribution in [-0.4, -0.2) is 29.0 Å². The van der Waals surface area contributed by atoms with E-state index in [9.17, 15) is 23.6 Å². The van der Waals surface area contributed by atoms with Crippen molar-refractivity contribution in [3.63, 3.8) is 0 Å². The summed E-state index contributed by atoms with van der Waals surface area (Å²) in [6.07, 6.45) is 2.96. The Balaban J connectivity index is 1.43. The van der Waals surface area contributed by atoms with Crippen molar-refractivity contribution < 1.29 is 13.6 Å². The number of hydrogen-bond acceptors (Lipinski definition) is 4. The second kappa shape index (κ2) is 7.43. The van der Waals surface area contributed by atoms with Gasteiger partial charge < -0.3 is 15.6 Å². The van der Waals surface area contributed by atoms with Gasteiger partial charge in [-0.3, -0.25) is 9.59 Å². The Kier molecular flexibility index (Phi) is 4.71. The summed E-state index contributed by atoms with van der Waals surface area (Å²) in [7, 11) is 0. The fraction of sp³-hybridized carbons (Fsp3) is 0.348. The number of H-pyrrole nitrogens is 1. The number of amides is 1. The monoisotopic (exact) mass is 422 g/mol. The van der Waals surface area contributed by atoms with E-state index in [1.807, 2.05) is 6.07 Å². The summed E-state index contributed by atoms with van der Waals surface area (Å²) in [6, 6.07) is 7.69. The molecule has 3 N–H and O–H groups in total. The number of nitriles is 1. The second-order valence-corrected chi connectivity index (χ2v) is 8.44. The lowest BCUT2D eigenvalue weighted by Crippen LogP contribution is -2.50. The number of nitrogens with zero attached hydrogens (tertiary/aromatic N) is 1. The maximum absolute atomic E-state index is 14.9. The van der Waals surface area contributed by atoms with Gasteiger partial charge in [0, 0.05) is 23.2 Å². The number of carbonyl (C=O) groups excluding carboxylic acids is 1. The number of aromatic amines is 1. The lowest BCUT2D eigenvalue weighted by Gasteiger charge is -2.23. The zero-order valence-electron chi connectivity index (χ0n) is 16.5. The van der Waals surface area contributed by atoms with Crippen LogP contribution in [0.1, 0.15) is 24.8 Å². The summed E-state index contributed by atoms with van der Waals surface area (Å²) in [4.78, 5) is 27.7. The molecule has 2 bridgehead atoms. The molecule has 0 spiro atoms. The van der Waals surface area contributed by atoms with E-state index < -0.39 is 23.2 Å². The predicted octanol–water partition coefficient (Wildman–Crippen LogP) is 2.65. The van der Waals surface area contributed by atoms with Gasteiger partial charge in [-0.05, 0) is 66.5 Å². The van der Waals surface area contributed by atoms with Crippen molar-refractivity contribution in [3.05, 3.63) is 57.9 Å². The Morgan fingerprint density at radius 1 is 1.19 bits per heavy atom. The number of halogens is 2. The van der Waals surface area contributed by atoms with Crippen LogP contribution in [0.2, 0.25) is 0 Å². The van der Waals surface area contributed by atoms with Crippen LogP contribution in [0, 0.1) is 28.9 Å². The minimum absolute atomic E-state index is 0.0638. The molecule has 5 rings (SSSR count). The van der Waals surface area contributed by atoms with Gasteiger partial charge in [-0.2, -0.15) is 5.26 Å². The van der Waals surface area contributed by atoms with Gasteiger partial charge in [0.1, 0.15) is 17.7 Å². The number of fused-ring (bicyclic) bond motifs is 5. The van der Waals surface area contributed by atoms with E-state index in [-0.39, 0.29) is 40.8 Å². The summed E-state index contributed by atoms with van der Waals surface area (Å²) < 4.78 is 28.4. The Morgan fingerprint density at radius 3 is 2.74 bits per heavy atom. The van der Waals surface area contributed by atoms with Crippen molar-refractivity contribution in [2.24, 2.45) is 5.92 Å². The first-order valence-corrected chi connectivity index (χ1v) is 10.3. The van der Waals surface area contributed by atoms with Crippen molar-refractivity contribution in [3.8, 4) is 6.07 Å². The van der Waals surface area contributed by atoms with Gasteiger partial charge in [-0.1, -0.05) is 0 Å². The smallest absolute Gasteiger partial charge is 0.256 e. The molecule has 1 saturated heterocycles. The van der Waals surface area contributed by atoms with E-state index in [0.29, 0.717) is 16.8 Å². The largest absolute Gasteiger partial charge is 0.339 e. The van der Waals surface area contributed by atoms with Crippen LogP contribution in [0.15, 0.2) is 35.1 Å². The molecule has 8 heteroatoms. The van der Waals surface area contributed by atoms with Crippen LogP contribution in [-0.2, 0) is 11.2 Å². The lowest BCUT2D eigenvalue weighted by molar-refractivity contribution is -0.124. The Bertz CT molecular complexity index is 1310. The quantitative estimate of drug-likeness (QED) is 0.563. The third-order valence-corrected chi connectivity index (χ3v) is 6.49. The normalized spacial score (nSPS) is 23.2.